The van der Waals surface area contributed by atoms with Gasteiger partial charge in [0.25, 0.3) is 5.91 Å². The van der Waals surface area contributed by atoms with Crippen LogP contribution in [0.2, 0.25) is 0 Å². The SMILES string of the molecule is O=C(NO)c1cnc(N2CCc3[nH]c4ccc(F)cc4c3C2)nc1. The molecule has 0 unspecified atom stereocenters. The molecular formula is C16H14FN5O2. The van der Waals surface area contributed by atoms with E-state index in [4.69, 9.17) is 5.21 Å². The van der Waals surface area contributed by atoms with E-state index in [-0.39, 0.29) is 11.4 Å². The van der Waals surface area contributed by atoms with Crippen LogP contribution in [-0.2, 0) is 13.0 Å². The lowest BCUT2D eigenvalue weighted by molar-refractivity contribution is 0.0705. The first-order valence-corrected chi connectivity index (χ1v) is 7.46. The zero-order valence-electron chi connectivity index (χ0n) is 12.6. The molecule has 0 atom stereocenters. The number of hydroxylamine groups is 1. The maximum atomic E-state index is 13.5. The lowest BCUT2D eigenvalue weighted by Gasteiger charge is -2.27. The smallest absolute Gasteiger partial charge is 0.277 e. The number of aromatic nitrogens is 3. The first-order valence-electron chi connectivity index (χ1n) is 7.46. The second kappa shape index (κ2) is 5.57. The molecule has 8 heteroatoms. The molecule has 0 radical (unpaired) electrons. The summed E-state index contributed by atoms with van der Waals surface area (Å²) in [5.74, 6) is -0.437. The van der Waals surface area contributed by atoms with Gasteiger partial charge in [0.05, 0.1) is 5.56 Å². The molecule has 7 nitrogen and oxygen atoms in total. The minimum atomic E-state index is -0.658. The summed E-state index contributed by atoms with van der Waals surface area (Å²) in [5.41, 5.74) is 4.77. The Hall–Kier alpha value is -3.00. The highest BCUT2D eigenvalue weighted by molar-refractivity contribution is 5.92. The largest absolute Gasteiger partial charge is 0.358 e. The van der Waals surface area contributed by atoms with E-state index in [1.54, 1.807) is 11.5 Å². The molecule has 1 aliphatic heterocycles. The van der Waals surface area contributed by atoms with Gasteiger partial charge >= 0.3 is 0 Å². The van der Waals surface area contributed by atoms with E-state index in [0.29, 0.717) is 19.0 Å². The van der Waals surface area contributed by atoms with Crippen molar-refractivity contribution in [1.29, 1.82) is 0 Å². The Morgan fingerprint density at radius 1 is 1.33 bits per heavy atom. The number of anilines is 1. The number of nitrogens with zero attached hydrogens (tertiary/aromatic N) is 3. The van der Waals surface area contributed by atoms with Crippen LogP contribution in [0.4, 0.5) is 10.3 Å². The third-order valence-corrected chi connectivity index (χ3v) is 4.22. The molecule has 0 fully saturated rings. The molecule has 0 spiro atoms. The van der Waals surface area contributed by atoms with Gasteiger partial charge in [0, 0.05) is 54.1 Å². The molecule has 2 aromatic heterocycles. The third-order valence-electron chi connectivity index (χ3n) is 4.22. The average Bonchev–Trinajstić information content (AvgIpc) is 2.98. The van der Waals surface area contributed by atoms with Crippen molar-refractivity contribution in [3.05, 3.63) is 53.2 Å². The van der Waals surface area contributed by atoms with E-state index in [1.165, 1.54) is 24.5 Å². The summed E-state index contributed by atoms with van der Waals surface area (Å²) in [6.07, 6.45) is 3.49. The third kappa shape index (κ3) is 2.37. The molecule has 0 bridgehead atoms. The van der Waals surface area contributed by atoms with Crippen LogP contribution in [0.3, 0.4) is 0 Å². The Morgan fingerprint density at radius 2 is 2.12 bits per heavy atom. The van der Waals surface area contributed by atoms with Gasteiger partial charge in [-0.05, 0) is 18.2 Å². The lowest BCUT2D eigenvalue weighted by Crippen LogP contribution is -2.31. The predicted molar refractivity (Wildman–Crippen MR) is 84.3 cm³/mol. The Morgan fingerprint density at radius 3 is 2.88 bits per heavy atom. The maximum Gasteiger partial charge on any atom is 0.277 e. The van der Waals surface area contributed by atoms with Gasteiger partial charge in [0.2, 0.25) is 5.95 Å². The van der Waals surface area contributed by atoms with Crippen molar-refractivity contribution >= 4 is 22.8 Å². The molecule has 4 rings (SSSR count). The first kappa shape index (κ1) is 14.6. The highest BCUT2D eigenvalue weighted by atomic mass is 19.1. The number of amides is 1. The number of benzene rings is 1. The molecular weight excluding hydrogens is 313 g/mol. The minimum Gasteiger partial charge on any atom is -0.358 e. The Bertz CT molecular complexity index is 922. The Labute approximate surface area is 136 Å². The second-order valence-corrected chi connectivity index (χ2v) is 5.66. The van der Waals surface area contributed by atoms with Gasteiger partial charge in [-0.1, -0.05) is 0 Å². The zero-order chi connectivity index (χ0) is 16.7. The van der Waals surface area contributed by atoms with Crippen LogP contribution in [0.5, 0.6) is 0 Å². The molecule has 122 valence electrons. The number of carbonyl (C=O) groups is 1. The van der Waals surface area contributed by atoms with Crippen molar-refractivity contribution in [2.45, 2.75) is 13.0 Å². The molecule has 0 aliphatic carbocycles. The maximum absolute atomic E-state index is 13.5. The van der Waals surface area contributed by atoms with Gasteiger partial charge < -0.3 is 9.88 Å². The number of carbonyl (C=O) groups excluding carboxylic acids is 1. The molecule has 3 N–H and O–H groups in total. The normalized spacial score (nSPS) is 13.8. The van der Waals surface area contributed by atoms with E-state index in [1.807, 2.05) is 4.90 Å². The molecule has 1 aromatic carbocycles. The van der Waals surface area contributed by atoms with Gasteiger partial charge in [-0.25, -0.2) is 19.8 Å². The summed E-state index contributed by atoms with van der Waals surface area (Å²) in [6.45, 7) is 1.28. The predicted octanol–water partition coefficient (Wildman–Crippen LogP) is 1.78. The Kier molecular flexibility index (Phi) is 3.39. The summed E-state index contributed by atoms with van der Waals surface area (Å²) in [6, 6.07) is 4.71. The Balaban J connectivity index is 1.65. The highest BCUT2D eigenvalue weighted by Crippen LogP contribution is 2.29. The monoisotopic (exact) mass is 327 g/mol. The lowest BCUT2D eigenvalue weighted by atomic mass is 10.0. The highest BCUT2D eigenvalue weighted by Gasteiger charge is 2.22. The summed E-state index contributed by atoms with van der Waals surface area (Å²) >= 11 is 0. The van der Waals surface area contributed by atoms with Gasteiger partial charge in [0.15, 0.2) is 0 Å². The van der Waals surface area contributed by atoms with Crippen molar-refractivity contribution in [2.75, 3.05) is 11.4 Å². The number of nitrogens with one attached hydrogen (secondary N) is 2. The van der Waals surface area contributed by atoms with Gasteiger partial charge in [-0.15, -0.1) is 0 Å². The average molecular weight is 327 g/mol. The molecule has 0 saturated heterocycles. The molecule has 0 saturated carbocycles. The van der Waals surface area contributed by atoms with Crippen LogP contribution in [0.15, 0.2) is 30.6 Å². The van der Waals surface area contributed by atoms with E-state index in [0.717, 1.165) is 28.6 Å². The summed E-state index contributed by atoms with van der Waals surface area (Å²) in [7, 11) is 0. The fourth-order valence-electron chi connectivity index (χ4n) is 3.02. The first-order chi connectivity index (χ1) is 11.7. The van der Waals surface area contributed by atoms with Crippen LogP contribution in [0.25, 0.3) is 10.9 Å². The fraction of sp³-hybridized carbons (Fsp3) is 0.188. The van der Waals surface area contributed by atoms with Crippen molar-refractivity contribution in [1.82, 2.24) is 20.4 Å². The molecule has 1 aliphatic rings. The van der Waals surface area contributed by atoms with Crippen LogP contribution in [0.1, 0.15) is 21.6 Å². The van der Waals surface area contributed by atoms with Crippen molar-refractivity contribution in [3.63, 3.8) is 0 Å². The quantitative estimate of drug-likeness (QED) is 0.493. The fourth-order valence-corrected chi connectivity index (χ4v) is 3.02. The number of rotatable bonds is 2. The summed E-state index contributed by atoms with van der Waals surface area (Å²) in [5, 5.41) is 9.48. The van der Waals surface area contributed by atoms with Gasteiger partial charge in [-0.2, -0.15) is 0 Å². The van der Waals surface area contributed by atoms with Crippen LogP contribution in [-0.4, -0.2) is 32.6 Å². The summed E-state index contributed by atoms with van der Waals surface area (Å²) < 4.78 is 13.5. The van der Waals surface area contributed by atoms with Gasteiger partial charge in [0.1, 0.15) is 5.82 Å². The van der Waals surface area contributed by atoms with E-state index >= 15 is 0 Å². The number of fused-ring (bicyclic) bond motifs is 3. The van der Waals surface area contributed by atoms with E-state index in [2.05, 4.69) is 15.0 Å². The zero-order valence-corrected chi connectivity index (χ0v) is 12.6. The van der Waals surface area contributed by atoms with E-state index < -0.39 is 5.91 Å². The molecule has 24 heavy (non-hydrogen) atoms. The number of hydrogen-bond acceptors (Lipinski definition) is 5. The molecule has 3 aromatic rings. The number of H-pyrrole nitrogens is 1. The number of hydrogen-bond donors (Lipinski definition) is 3. The number of halogens is 1. The van der Waals surface area contributed by atoms with E-state index in [9.17, 15) is 9.18 Å². The summed E-state index contributed by atoms with van der Waals surface area (Å²) in [4.78, 5) is 25.0. The van der Waals surface area contributed by atoms with Crippen LogP contribution < -0.4 is 10.4 Å². The van der Waals surface area contributed by atoms with Crippen molar-refractivity contribution < 1.29 is 14.4 Å². The van der Waals surface area contributed by atoms with Crippen molar-refractivity contribution in [3.8, 4) is 0 Å². The standard InChI is InChI=1S/C16H14FN5O2/c17-10-1-2-13-11(5-10)12-8-22(4-3-14(12)20-13)16-18-6-9(7-19-16)15(23)21-24/h1-2,5-7,20,24H,3-4,8H2,(H,21,23). The van der Waals surface area contributed by atoms with Crippen LogP contribution >= 0.6 is 0 Å². The topological polar surface area (TPSA) is 94.1 Å². The van der Waals surface area contributed by atoms with Crippen LogP contribution in [0, 0.1) is 5.82 Å². The van der Waals surface area contributed by atoms with Gasteiger partial charge in [-0.3, -0.25) is 10.0 Å². The van der Waals surface area contributed by atoms with Crippen molar-refractivity contribution in [2.24, 2.45) is 0 Å². The molecule has 3 heterocycles. The molecule has 1 amide bonds. The minimum absolute atomic E-state index is 0.174. The number of aromatic amines is 1. The second-order valence-electron chi connectivity index (χ2n) is 5.66.